The molecule has 0 fully saturated rings. The molecule has 0 saturated heterocycles. The molecule has 0 aliphatic carbocycles. The summed E-state index contributed by atoms with van der Waals surface area (Å²) < 4.78 is 5.26. The molecular weight excluding hydrogens is 448 g/mol. The summed E-state index contributed by atoms with van der Waals surface area (Å²) in [6, 6.07) is 19.4. The Morgan fingerprint density at radius 3 is 2.14 bits per heavy atom. The molecular formula is C28H27NO6. The molecule has 180 valence electrons. The number of aromatic carboxylic acids is 1. The van der Waals surface area contributed by atoms with E-state index in [4.69, 9.17) is 4.74 Å². The zero-order valence-electron chi connectivity index (χ0n) is 19.7. The minimum atomic E-state index is -2.03. The van der Waals surface area contributed by atoms with E-state index in [9.17, 15) is 24.9 Å². The van der Waals surface area contributed by atoms with Crippen LogP contribution in [-0.4, -0.2) is 39.9 Å². The molecule has 0 amide bonds. The Labute approximate surface area is 203 Å². The summed E-state index contributed by atoms with van der Waals surface area (Å²) in [6.45, 7) is 3.77. The molecule has 35 heavy (non-hydrogen) atoms. The van der Waals surface area contributed by atoms with Gasteiger partial charge in [0.2, 0.25) is 11.5 Å². The number of rotatable bonds is 7. The molecule has 1 unspecified atom stereocenters. The van der Waals surface area contributed by atoms with Gasteiger partial charge in [0, 0.05) is 6.42 Å². The third kappa shape index (κ3) is 4.26. The van der Waals surface area contributed by atoms with Crippen molar-refractivity contribution in [2.75, 3.05) is 12.0 Å². The van der Waals surface area contributed by atoms with E-state index >= 15 is 0 Å². The number of carbonyl (C=O) groups excluding carboxylic acids is 1. The van der Waals surface area contributed by atoms with Crippen LogP contribution in [0.25, 0.3) is 11.3 Å². The van der Waals surface area contributed by atoms with Crippen LogP contribution in [0, 0.1) is 5.92 Å². The molecule has 3 aromatic rings. The highest BCUT2D eigenvalue weighted by molar-refractivity contribution is 6.37. The van der Waals surface area contributed by atoms with Crippen molar-refractivity contribution < 1.29 is 29.6 Å². The van der Waals surface area contributed by atoms with Gasteiger partial charge in [-0.05, 0) is 65.6 Å². The van der Waals surface area contributed by atoms with E-state index in [1.54, 1.807) is 61.7 Å². The van der Waals surface area contributed by atoms with Gasteiger partial charge in [-0.1, -0.05) is 38.1 Å². The number of carbonyl (C=O) groups is 2. The van der Waals surface area contributed by atoms with Gasteiger partial charge < -0.3 is 25.0 Å². The van der Waals surface area contributed by atoms with E-state index < -0.39 is 17.5 Å². The fourth-order valence-electron chi connectivity index (χ4n) is 4.55. The van der Waals surface area contributed by atoms with Crippen molar-refractivity contribution in [1.82, 2.24) is 0 Å². The fraction of sp³-hybridized carbons (Fsp3) is 0.214. The van der Waals surface area contributed by atoms with Gasteiger partial charge in [-0.15, -0.1) is 0 Å². The number of anilines is 1. The van der Waals surface area contributed by atoms with Crippen molar-refractivity contribution >= 4 is 28.7 Å². The minimum absolute atomic E-state index is 0.0413. The number of ketones is 1. The summed E-state index contributed by atoms with van der Waals surface area (Å²) in [5.74, 6) is -1.14. The number of phenolic OH excluding ortho intramolecular Hbond substituents is 1. The zero-order valence-corrected chi connectivity index (χ0v) is 19.7. The zero-order chi connectivity index (χ0) is 25.3. The predicted molar refractivity (Wildman–Crippen MR) is 133 cm³/mol. The van der Waals surface area contributed by atoms with Crippen LogP contribution in [0.5, 0.6) is 11.5 Å². The number of phenols is 1. The van der Waals surface area contributed by atoms with E-state index in [-0.39, 0.29) is 34.9 Å². The van der Waals surface area contributed by atoms with E-state index in [2.05, 4.69) is 0 Å². The van der Waals surface area contributed by atoms with Gasteiger partial charge in [-0.3, -0.25) is 4.79 Å². The molecule has 0 aromatic heterocycles. The lowest BCUT2D eigenvalue weighted by Gasteiger charge is -2.37. The van der Waals surface area contributed by atoms with Crippen molar-refractivity contribution in [2.45, 2.75) is 26.0 Å². The first-order valence-corrected chi connectivity index (χ1v) is 11.2. The quantitative estimate of drug-likeness (QED) is 0.333. The van der Waals surface area contributed by atoms with Crippen molar-refractivity contribution in [3.8, 4) is 11.5 Å². The van der Waals surface area contributed by atoms with Crippen molar-refractivity contribution in [1.29, 1.82) is 0 Å². The SMILES string of the molecule is COc1ccc(C2=[13C](c3ccc(O)cc3)[15N](c3ccccc3C(=O)O)C(O)(CC(C)C)C2=O)cc1. The van der Waals surface area contributed by atoms with Gasteiger partial charge in [-0.2, -0.15) is 0 Å². The number of carboxylic acid groups (broad SMARTS) is 1. The van der Waals surface area contributed by atoms with E-state index in [0.29, 0.717) is 22.6 Å². The third-order valence-corrected chi connectivity index (χ3v) is 6.01. The van der Waals surface area contributed by atoms with Gasteiger partial charge in [-0.25, -0.2) is 4.79 Å². The molecule has 1 aliphatic heterocycles. The van der Waals surface area contributed by atoms with Crippen LogP contribution in [-0.2, 0) is 4.79 Å². The summed E-state index contributed by atoms with van der Waals surface area (Å²) in [6.07, 6.45) is 0.0705. The molecule has 0 saturated carbocycles. The Bertz CT molecular complexity index is 1290. The van der Waals surface area contributed by atoms with Gasteiger partial charge in [0.05, 0.1) is 29.6 Å². The maximum absolute atomic E-state index is 14.1. The predicted octanol–water partition coefficient (Wildman–Crippen LogP) is 4.79. The Kier molecular flexibility index (Phi) is 6.37. The molecule has 0 spiro atoms. The van der Waals surface area contributed by atoms with Crippen molar-refractivity contribution in [2.24, 2.45) is 5.92 Å². The maximum Gasteiger partial charge on any atom is 0.337 e. The molecule has 1 heterocycles. The molecule has 0 bridgehead atoms. The number of hydrogen-bond acceptors (Lipinski definition) is 6. The van der Waals surface area contributed by atoms with E-state index in [1.165, 1.54) is 23.1 Å². The molecule has 1 aliphatic rings. The lowest BCUT2D eigenvalue weighted by atomic mass is 9.93. The van der Waals surface area contributed by atoms with Crippen molar-refractivity contribution in [3.05, 3.63) is 89.5 Å². The second-order valence-electron chi connectivity index (χ2n) is 8.90. The molecule has 7 nitrogen and oxygen atoms in total. The molecule has 0 radical (unpaired) electrons. The number of nitrogens with zero attached hydrogens (tertiary/aromatic N) is 1. The van der Waals surface area contributed by atoms with Crippen LogP contribution in [0.2, 0.25) is 0 Å². The lowest BCUT2D eigenvalue weighted by Crippen LogP contribution is -2.51. The van der Waals surface area contributed by atoms with E-state index in [1.807, 2.05) is 13.8 Å². The molecule has 3 aromatic carbocycles. The summed E-state index contributed by atoms with van der Waals surface area (Å²) >= 11 is 0. The topological polar surface area (TPSA) is 107 Å². The Morgan fingerprint density at radius 1 is 0.971 bits per heavy atom. The minimum Gasteiger partial charge on any atom is -0.508 e. The third-order valence-electron chi connectivity index (χ3n) is 6.01. The molecule has 3 N–H and O–H groups in total. The molecule has 4 rings (SSSR count). The van der Waals surface area contributed by atoms with Gasteiger partial charge in [0.1, 0.15) is 11.5 Å². The smallest absolute Gasteiger partial charge is 0.337 e. The average Bonchev–Trinajstić information content (AvgIpc) is 3.05. The molecule has 1 atom stereocenters. The van der Waals surface area contributed by atoms with Crippen LogP contribution in [0.3, 0.4) is 0 Å². The van der Waals surface area contributed by atoms with Crippen molar-refractivity contribution in [3.63, 3.8) is 0 Å². The van der Waals surface area contributed by atoms with Crippen LogP contribution in [0.1, 0.15) is 41.8 Å². The highest BCUT2D eigenvalue weighted by atomic mass is 16.5. The van der Waals surface area contributed by atoms with Crippen LogP contribution >= 0.6 is 0 Å². The number of ether oxygens (including phenoxy) is 1. The first kappa shape index (κ1) is 24.0. The maximum atomic E-state index is 14.1. The number of aromatic hydroxyl groups is 1. The lowest BCUT2D eigenvalue weighted by molar-refractivity contribution is -0.130. The second kappa shape index (κ2) is 9.27. The monoisotopic (exact) mass is 475 g/mol. The summed E-state index contributed by atoms with van der Waals surface area (Å²) in [4.78, 5) is 27.6. The summed E-state index contributed by atoms with van der Waals surface area (Å²) in [5, 5.41) is 31.8. The number of methoxy groups -OCH3 is 1. The molecule has 7 heteroatoms. The van der Waals surface area contributed by atoms with Crippen LogP contribution in [0.4, 0.5) is 5.69 Å². The highest BCUT2D eigenvalue weighted by Crippen LogP contribution is 2.49. The highest BCUT2D eigenvalue weighted by Gasteiger charge is 2.53. The van der Waals surface area contributed by atoms with Gasteiger partial charge in [0.25, 0.3) is 0 Å². The number of aliphatic hydroxyl groups is 1. The Hall–Kier alpha value is -4.10. The largest absolute Gasteiger partial charge is 0.508 e. The number of carboxylic acids is 1. The normalized spacial score (nSPS) is 17.9. The van der Waals surface area contributed by atoms with Crippen LogP contribution < -0.4 is 9.64 Å². The number of para-hydroxylation sites is 1. The second-order valence-corrected chi connectivity index (χ2v) is 8.90. The first-order chi connectivity index (χ1) is 16.7. The van der Waals surface area contributed by atoms with Gasteiger partial charge >= 0.3 is 5.97 Å². The fourth-order valence-corrected chi connectivity index (χ4v) is 4.55. The average molecular weight is 476 g/mol. The first-order valence-electron chi connectivity index (χ1n) is 11.2. The summed E-state index contributed by atoms with van der Waals surface area (Å²) in [5.41, 5.74) is -0.169. The summed E-state index contributed by atoms with van der Waals surface area (Å²) in [7, 11) is 1.54. The standard InChI is InChI=1S/C28H27NO6/c1-17(2)16-28(34)26(31)24(18-10-14-21(35-3)15-11-18)25(19-8-12-20(30)13-9-19)29(28)23-7-5-4-6-22(23)27(32)33/h4-15,17,30,34H,16H2,1-3H3,(H,32,33)/i25+1,29+1. The van der Waals surface area contributed by atoms with Gasteiger partial charge in [0.15, 0.2) is 0 Å². The Balaban J connectivity index is 2.08. The number of benzene rings is 3. The number of Topliss-reactive ketones (excluding diaryl/α,β-unsaturated/α-hetero) is 1. The Morgan fingerprint density at radius 2 is 1.57 bits per heavy atom. The van der Waals surface area contributed by atoms with E-state index in [0.717, 1.165) is 0 Å². The number of hydrogen-bond donors (Lipinski definition) is 3. The van der Waals surface area contributed by atoms with Crippen LogP contribution in [0.15, 0.2) is 72.8 Å².